The van der Waals surface area contributed by atoms with E-state index in [1.165, 1.54) is 0 Å². The second-order valence-electron chi connectivity index (χ2n) is 2.06. The second-order valence-corrected chi connectivity index (χ2v) is 2.59. The predicted molar refractivity (Wildman–Crippen MR) is 34.6 cm³/mol. The van der Waals surface area contributed by atoms with Gasteiger partial charge in [0.1, 0.15) is 0 Å². The van der Waals surface area contributed by atoms with Gasteiger partial charge in [-0.05, 0) is 7.05 Å². The average molecular weight is 134 g/mol. The maximum atomic E-state index is 5.73. The van der Waals surface area contributed by atoms with E-state index in [4.69, 9.17) is 11.6 Å². The summed E-state index contributed by atoms with van der Waals surface area (Å²) in [7, 11) is 2.05. The Balaban J connectivity index is 2.23. The van der Waals surface area contributed by atoms with Gasteiger partial charge in [-0.3, -0.25) is 5.32 Å². The van der Waals surface area contributed by atoms with E-state index in [-0.39, 0.29) is 5.50 Å². The Bertz CT molecular complexity index is 68.8. The first-order valence-electron chi connectivity index (χ1n) is 2.69. The van der Waals surface area contributed by atoms with Crippen molar-refractivity contribution in [2.75, 3.05) is 20.1 Å². The fourth-order valence-corrected chi connectivity index (χ4v) is 1.06. The zero-order valence-corrected chi connectivity index (χ0v) is 5.65. The summed E-state index contributed by atoms with van der Waals surface area (Å²) in [6.07, 6.45) is 0. The molecule has 2 nitrogen and oxygen atoms in total. The van der Waals surface area contributed by atoms with E-state index in [2.05, 4.69) is 10.2 Å². The molecular weight excluding hydrogens is 124 g/mol. The van der Waals surface area contributed by atoms with Crippen LogP contribution in [0.1, 0.15) is 0 Å². The molecule has 0 aliphatic carbocycles. The van der Waals surface area contributed by atoms with Crippen molar-refractivity contribution < 1.29 is 0 Å². The molecule has 1 aliphatic heterocycles. The van der Waals surface area contributed by atoms with Crippen LogP contribution in [0.5, 0.6) is 0 Å². The average Bonchev–Trinajstić information content (AvgIpc) is 1.64. The smallest absolute Gasteiger partial charge is 0.0957 e. The highest BCUT2D eigenvalue weighted by atomic mass is 35.5. The third kappa shape index (κ3) is 1.62. The maximum Gasteiger partial charge on any atom is 0.0957 e. The summed E-state index contributed by atoms with van der Waals surface area (Å²) >= 11 is 5.73. The Hall–Kier alpha value is 0.210. The van der Waals surface area contributed by atoms with Crippen molar-refractivity contribution in [1.29, 1.82) is 0 Å². The maximum absolute atomic E-state index is 5.73. The van der Waals surface area contributed by atoms with Crippen LogP contribution in [0.15, 0.2) is 0 Å². The van der Waals surface area contributed by atoms with Crippen LogP contribution < -0.4 is 5.32 Å². The Kier molecular flexibility index (Phi) is 2.11. The van der Waals surface area contributed by atoms with Crippen molar-refractivity contribution >= 4 is 11.6 Å². The lowest BCUT2D eigenvalue weighted by Gasteiger charge is -2.26. The van der Waals surface area contributed by atoms with Gasteiger partial charge in [0.25, 0.3) is 0 Å². The summed E-state index contributed by atoms with van der Waals surface area (Å²) in [5.41, 5.74) is 0.105. The first-order chi connectivity index (χ1) is 3.79. The highest BCUT2D eigenvalue weighted by Crippen LogP contribution is 2.00. The van der Waals surface area contributed by atoms with E-state index in [9.17, 15) is 0 Å². The highest BCUT2D eigenvalue weighted by molar-refractivity contribution is 6.20. The first kappa shape index (κ1) is 6.33. The fourth-order valence-electron chi connectivity index (χ4n) is 0.737. The molecule has 8 heavy (non-hydrogen) atoms. The number of piperazine rings is 1. The van der Waals surface area contributed by atoms with Gasteiger partial charge in [0, 0.05) is 19.6 Å². The summed E-state index contributed by atoms with van der Waals surface area (Å²) in [6.45, 7) is 3.89. The molecule has 0 bridgehead atoms. The summed E-state index contributed by atoms with van der Waals surface area (Å²) in [5, 5.41) is 3.01. The lowest BCUT2D eigenvalue weighted by Crippen LogP contribution is -2.42. The van der Waals surface area contributed by atoms with Crippen molar-refractivity contribution in [3.8, 4) is 0 Å². The molecule has 1 fully saturated rings. The number of nitrogens with one attached hydrogen (secondary N) is 1. The van der Waals surface area contributed by atoms with E-state index in [1.807, 2.05) is 13.6 Å². The van der Waals surface area contributed by atoms with Gasteiger partial charge in [0.2, 0.25) is 0 Å². The molecule has 0 amide bonds. The summed E-state index contributed by atoms with van der Waals surface area (Å²) < 4.78 is 0. The summed E-state index contributed by atoms with van der Waals surface area (Å²) in [6, 6.07) is 0. The van der Waals surface area contributed by atoms with Gasteiger partial charge in [-0.1, -0.05) is 0 Å². The Morgan fingerprint density at radius 2 is 2.62 bits per heavy atom. The quantitative estimate of drug-likeness (QED) is 0.377. The van der Waals surface area contributed by atoms with Crippen molar-refractivity contribution in [2.45, 2.75) is 5.50 Å². The van der Waals surface area contributed by atoms with Crippen molar-refractivity contribution in [3.63, 3.8) is 0 Å². The molecule has 1 unspecified atom stereocenters. The molecule has 1 heterocycles. The standard InChI is InChI=1S/C5H10ClN2/c1-8-3-2-7-5(6)4-8/h2,5,7H,3-4H2,1H3. The van der Waals surface area contributed by atoms with E-state index < -0.39 is 0 Å². The van der Waals surface area contributed by atoms with Gasteiger partial charge in [-0.2, -0.15) is 0 Å². The number of halogens is 1. The second kappa shape index (κ2) is 2.67. The molecule has 1 radical (unpaired) electrons. The Morgan fingerprint density at radius 3 is 3.00 bits per heavy atom. The summed E-state index contributed by atoms with van der Waals surface area (Å²) in [5.74, 6) is 0. The van der Waals surface area contributed by atoms with Crippen molar-refractivity contribution in [2.24, 2.45) is 0 Å². The number of hydrogen-bond acceptors (Lipinski definition) is 2. The third-order valence-electron chi connectivity index (χ3n) is 1.17. The van der Waals surface area contributed by atoms with Gasteiger partial charge < -0.3 is 4.90 Å². The van der Waals surface area contributed by atoms with Gasteiger partial charge in [-0.25, -0.2) is 0 Å². The predicted octanol–water partition coefficient (Wildman–Crippen LogP) is 0.248. The van der Waals surface area contributed by atoms with Gasteiger partial charge in [0.15, 0.2) is 0 Å². The lowest BCUT2D eigenvalue weighted by atomic mass is 10.4. The highest BCUT2D eigenvalue weighted by Gasteiger charge is 2.12. The van der Waals surface area contributed by atoms with Crippen LogP contribution in [-0.4, -0.2) is 30.5 Å². The van der Waals surface area contributed by atoms with Crippen LogP contribution in [0.4, 0.5) is 0 Å². The molecule has 1 rings (SSSR count). The molecule has 0 spiro atoms. The molecule has 3 heteroatoms. The van der Waals surface area contributed by atoms with E-state index in [0.717, 1.165) is 13.1 Å². The SMILES string of the molecule is CN1C[CH]NC(Cl)C1. The lowest BCUT2D eigenvalue weighted by molar-refractivity contribution is 0.303. The van der Waals surface area contributed by atoms with Crippen LogP contribution >= 0.6 is 11.6 Å². The fraction of sp³-hybridized carbons (Fsp3) is 0.800. The van der Waals surface area contributed by atoms with Crippen LogP contribution in [0.2, 0.25) is 0 Å². The van der Waals surface area contributed by atoms with E-state index in [1.54, 1.807) is 0 Å². The molecule has 0 aromatic rings. The van der Waals surface area contributed by atoms with Gasteiger partial charge in [0.05, 0.1) is 5.50 Å². The topological polar surface area (TPSA) is 15.3 Å². The Labute approximate surface area is 54.8 Å². The van der Waals surface area contributed by atoms with Crippen molar-refractivity contribution in [3.05, 3.63) is 6.54 Å². The summed E-state index contributed by atoms with van der Waals surface area (Å²) in [4.78, 5) is 2.16. The van der Waals surface area contributed by atoms with Crippen LogP contribution in [0.3, 0.4) is 0 Å². The number of likely N-dealkylation sites (N-methyl/N-ethyl adjacent to an activating group) is 1. The number of nitrogens with zero attached hydrogens (tertiary/aromatic N) is 1. The molecule has 0 saturated carbocycles. The largest absolute Gasteiger partial charge is 0.302 e. The first-order valence-corrected chi connectivity index (χ1v) is 3.13. The Morgan fingerprint density at radius 1 is 1.88 bits per heavy atom. The van der Waals surface area contributed by atoms with Crippen LogP contribution in [0.25, 0.3) is 0 Å². The van der Waals surface area contributed by atoms with Crippen LogP contribution in [-0.2, 0) is 0 Å². The molecule has 0 aromatic heterocycles. The molecular formula is C5H10ClN2. The zero-order valence-electron chi connectivity index (χ0n) is 4.89. The normalized spacial score (nSPS) is 33.0. The van der Waals surface area contributed by atoms with E-state index >= 15 is 0 Å². The minimum absolute atomic E-state index is 0.105. The van der Waals surface area contributed by atoms with Crippen LogP contribution in [0, 0.1) is 6.54 Å². The van der Waals surface area contributed by atoms with Gasteiger partial charge >= 0.3 is 0 Å². The van der Waals surface area contributed by atoms with E-state index in [0.29, 0.717) is 0 Å². The molecule has 1 aliphatic rings. The molecule has 1 atom stereocenters. The zero-order chi connectivity index (χ0) is 5.98. The third-order valence-corrected chi connectivity index (χ3v) is 1.44. The molecule has 1 N–H and O–H groups in total. The molecule has 1 saturated heterocycles. The minimum Gasteiger partial charge on any atom is -0.302 e. The monoisotopic (exact) mass is 133 g/mol. The molecule has 0 aromatic carbocycles. The number of alkyl halides is 1. The van der Waals surface area contributed by atoms with Gasteiger partial charge in [-0.15, -0.1) is 11.6 Å². The number of hydrogen-bond donors (Lipinski definition) is 1. The minimum atomic E-state index is 0.105. The van der Waals surface area contributed by atoms with Crippen molar-refractivity contribution in [1.82, 2.24) is 10.2 Å². The number of rotatable bonds is 0. The molecule has 47 valence electrons.